The van der Waals surface area contributed by atoms with Gasteiger partial charge in [-0.15, -0.1) is 0 Å². The molecule has 1 atom stereocenters. The van der Waals surface area contributed by atoms with Crippen molar-refractivity contribution in [1.29, 1.82) is 0 Å². The summed E-state index contributed by atoms with van der Waals surface area (Å²) in [5.74, 6) is 0.153. The Morgan fingerprint density at radius 2 is 2.29 bits per heavy atom. The predicted octanol–water partition coefficient (Wildman–Crippen LogP) is 2.24. The Kier molecular flexibility index (Phi) is 2.92. The van der Waals surface area contributed by atoms with Crippen LogP contribution in [0.4, 0.5) is 0 Å². The monoisotopic (exact) mass is 295 g/mol. The Morgan fingerprint density at radius 3 is 3.06 bits per heavy atom. The second-order valence-electron chi connectivity index (χ2n) is 4.61. The Morgan fingerprint density at radius 1 is 1.47 bits per heavy atom. The molecule has 17 heavy (non-hydrogen) atoms. The third-order valence-electron chi connectivity index (χ3n) is 3.29. The molecule has 0 N–H and O–H groups in total. The SMILES string of the molecule is O=C1c2ccc(Br)cc2CCCN1C[C@H]1CO1. The highest BCUT2D eigenvalue weighted by Crippen LogP contribution is 2.24. The number of ether oxygens (including phenoxy) is 1. The van der Waals surface area contributed by atoms with E-state index >= 15 is 0 Å². The summed E-state index contributed by atoms with van der Waals surface area (Å²) in [4.78, 5) is 14.3. The molecular weight excluding hydrogens is 282 g/mol. The summed E-state index contributed by atoms with van der Waals surface area (Å²) in [6.45, 7) is 2.39. The van der Waals surface area contributed by atoms with Crippen LogP contribution in [0.15, 0.2) is 22.7 Å². The van der Waals surface area contributed by atoms with Gasteiger partial charge in [-0.1, -0.05) is 15.9 Å². The van der Waals surface area contributed by atoms with Crippen LogP contribution in [0.1, 0.15) is 22.3 Å². The average Bonchev–Trinajstić information content (AvgIpc) is 3.11. The fraction of sp³-hybridized carbons (Fsp3) is 0.462. The molecule has 4 heteroatoms. The second kappa shape index (κ2) is 4.42. The number of benzene rings is 1. The minimum absolute atomic E-state index is 0.153. The van der Waals surface area contributed by atoms with E-state index in [-0.39, 0.29) is 12.0 Å². The van der Waals surface area contributed by atoms with E-state index in [0.29, 0.717) is 0 Å². The number of epoxide rings is 1. The molecule has 0 radical (unpaired) electrons. The molecule has 0 aromatic heterocycles. The number of halogens is 1. The first-order valence-electron chi connectivity index (χ1n) is 5.93. The normalized spacial score (nSPS) is 23.2. The Hall–Kier alpha value is -0.870. The highest BCUT2D eigenvalue weighted by atomic mass is 79.9. The van der Waals surface area contributed by atoms with Gasteiger partial charge in [-0.2, -0.15) is 0 Å². The molecule has 1 aromatic carbocycles. The first-order chi connectivity index (χ1) is 8.24. The van der Waals surface area contributed by atoms with Gasteiger partial charge >= 0.3 is 0 Å². The number of carbonyl (C=O) groups is 1. The fourth-order valence-corrected chi connectivity index (χ4v) is 2.71. The lowest BCUT2D eigenvalue weighted by atomic mass is 10.0. The van der Waals surface area contributed by atoms with Crippen molar-refractivity contribution in [2.75, 3.05) is 19.7 Å². The van der Waals surface area contributed by atoms with Gasteiger partial charge in [0.05, 0.1) is 12.7 Å². The highest BCUT2D eigenvalue weighted by Gasteiger charge is 2.30. The van der Waals surface area contributed by atoms with E-state index in [9.17, 15) is 4.79 Å². The second-order valence-corrected chi connectivity index (χ2v) is 5.53. The van der Waals surface area contributed by atoms with Crippen molar-refractivity contribution < 1.29 is 9.53 Å². The van der Waals surface area contributed by atoms with E-state index < -0.39 is 0 Å². The molecule has 1 saturated heterocycles. The molecule has 3 nitrogen and oxygen atoms in total. The Balaban J connectivity index is 1.88. The van der Waals surface area contributed by atoms with Crippen LogP contribution in [0.25, 0.3) is 0 Å². The predicted molar refractivity (Wildman–Crippen MR) is 68.1 cm³/mol. The van der Waals surface area contributed by atoms with Crippen LogP contribution in [-0.2, 0) is 11.2 Å². The van der Waals surface area contributed by atoms with Crippen LogP contribution in [0, 0.1) is 0 Å². The molecule has 1 aromatic rings. The summed E-state index contributed by atoms with van der Waals surface area (Å²) in [6, 6.07) is 5.92. The molecule has 0 saturated carbocycles. The first-order valence-corrected chi connectivity index (χ1v) is 6.72. The van der Waals surface area contributed by atoms with E-state index in [4.69, 9.17) is 4.74 Å². The summed E-state index contributed by atoms with van der Waals surface area (Å²) < 4.78 is 6.25. The molecule has 0 bridgehead atoms. The zero-order valence-electron chi connectivity index (χ0n) is 9.49. The number of aryl methyl sites for hydroxylation is 1. The molecular formula is C13H14BrNO2. The van der Waals surface area contributed by atoms with Crippen molar-refractivity contribution in [3.05, 3.63) is 33.8 Å². The molecule has 0 spiro atoms. The van der Waals surface area contributed by atoms with E-state index in [1.165, 1.54) is 0 Å². The number of amides is 1. The number of nitrogens with zero attached hydrogens (tertiary/aromatic N) is 1. The first kappa shape index (κ1) is 11.2. The van der Waals surface area contributed by atoms with E-state index in [1.807, 2.05) is 17.0 Å². The standard InChI is InChI=1S/C13H14BrNO2/c14-10-3-4-12-9(6-10)2-1-5-15(13(12)16)7-11-8-17-11/h3-4,6,11H,1-2,5,7-8H2/t11-/m0/s1. The van der Waals surface area contributed by atoms with Gasteiger partial charge in [0.2, 0.25) is 0 Å². The topological polar surface area (TPSA) is 32.8 Å². The smallest absolute Gasteiger partial charge is 0.254 e. The zero-order valence-corrected chi connectivity index (χ0v) is 11.1. The molecule has 2 heterocycles. The largest absolute Gasteiger partial charge is 0.371 e. The van der Waals surface area contributed by atoms with Gasteiger partial charge in [0, 0.05) is 23.1 Å². The van der Waals surface area contributed by atoms with E-state index in [1.54, 1.807) is 0 Å². The lowest BCUT2D eigenvalue weighted by molar-refractivity contribution is 0.0748. The number of fused-ring (bicyclic) bond motifs is 1. The maximum absolute atomic E-state index is 12.4. The van der Waals surface area contributed by atoms with Crippen LogP contribution in [0.3, 0.4) is 0 Å². The molecule has 3 rings (SSSR count). The van der Waals surface area contributed by atoms with Gasteiger partial charge in [-0.25, -0.2) is 0 Å². The van der Waals surface area contributed by atoms with Crippen molar-refractivity contribution in [2.45, 2.75) is 18.9 Å². The highest BCUT2D eigenvalue weighted by molar-refractivity contribution is 9.10. The van der Waals surface area contributed by atoms with Crippen molar-refractivity contribution >= 4 is 21.8 Å². The third-order valence-corrected chi connectivity index (χ3v) is 3.78. The minimum Gasteiger partial charge on any atom is -0.371 e. The van der Waals surface area contributed by atoms with Crippen molar-refractivity contribution in [3.63, 3.8) is 0 Å². The number of hydrogen-bond acceptors (Lipinski definition) is 2. The van der Waals surface area contributed by atoms with Crippen molar-refractivity contribution in [1.82, 2.24) is 4.90 Å². The number of hydrogen-bond donors (Lipinski definition) is 0. The molecule has 90 valence electrons. The van der Waals surface area contributed by atoms with E-state index in [2.05, 4.69) is 22.0 Å². The lowest BCUT2D eigenvalue weighted by Gasteiger charge is -2.19. The maximum atomic E-state index is 12.4. The van der Waals surface area contributed by atoms with Crippen molar-refractivity contribution in [2.24, 2.45) is 0 Å². The summed E-state index contributed by atoms with van der Waals surface area (Å²) in [7, 11) is 0. The quantitative estimate of drug-likeness (QED) is 0.784. The van der Waals surface area contributed by atoms with Gasteiger partial charge in [-0.3, -0.25) is 4.79 Å². The third kappa shape index (κ3) is 2.38. The Bertz CT molecular complexity index is 457. The average molecular weight is 296 g/mol. The summed E-state index contributed by atoms with van der Waals surface area (Å²) in [5, 5.41) is 0. The van der Waals surface area contributed by atoms with Crippen LogP contribution in [0.2, 0.25) is 0 Å². The zero-order chi connectivity index (χ0) is 11.8. The van der Waals surface area contributed by atoms with Crippen LogP contribution in [-0.4, -0.2) is 36.6 Å². The summed E-state index contributed by atoms with van der Waals surface area (Å²) >= 11 is 3.46. The van der Waals surface area contributed by atoms with Crippen LogP contribution >= 0.6 is 15.9 Å². The van der Waals surface area contributed by atoms with Gasteiger partial charge in [-0.05, 0) is 36.6 Å². The van der Waals surface area contributed by atoms with E-state index in [0.717, 1.165) is 48.1 Å². The molecule has 0 unspecified atom stereocenters. The Labute approximate surface area is 109 Å². The van der Waals surface area contributed by atoms with Gasteiger partial charge in [0.1, 0.15) is 0 Å². The molecule has 1 amide bonds. The summed E-state index contributed by atoms with van der Waals surface area (Å²) in [5.41, 5.74) is 2.01. The van der Waals surface area contributed by atoms with Crippen molar-refractivity contribution in [3.8, 4) is 0 Å². The molecule has 1 fully saturated rings. The number of rotatable bonds is 2. The van der Waals surface area contributed by atoms with Gasteiger partial charge in [0.15, 0.2) is 0 Å². The van der Waals surface area contributed by atoms with Crippen LogP contribution in [0.5, 0.6) is 0 Å². The maximum Gasteiger partial charge on any atom is 0.254 e. The number of carbonyl (C=O) groups excluding carboxylic acids is 1. The van der Waals surface area contributed by atoms with Crippen LogP contribution < -0.4 is 0 Å². The van der Waals surface area contributed by atoms with Gasteiger partial charge in [0.25, 0.3) is 5.91 Å². The van der Waals surface area contributed by atoms with Gasteiger partial charge < -0.3 is 9.64 Å². The fourth-order valence-electron chi connectivity index (χ4n) is 2.30. The summed E-state index contributed by atoms with van der Waals surface area (Å²) in [6.07, 6.45) is 2.28. The molecule has 2 aliphatic rings. The minimum atomic E-state index is 0.153. The lowest BCUT2D eigenvalue weighted by Crippen LogP contribution is -2.34. The molecule has 0 aliphatic carbocycles. The molecule has 2 aliphatic heterocycles.